The third-order valence-electron chi connectivity index (χ3n) is 2.49. The van der Waals surface area contributed by atoms with E-state index in [4.69, 9.17) is 22.3 Å². The molecule has 0 aliphatic carbocycles. The van der Waals surface area contributed by atoms with Crippen molar-refractivity contribution in [3.8, 4) is 0 Å². The van der Waals surface area contributed by atoms with Gasteiger partial charge in [-0.15, -0.1) is 0 Å². The van der Waals surface area contributed by atoms with Crippen LogP contribution in [-0.2, 0) is 24.0 Å². The molecule has 0 radical (unpaired) electrons. The molecule has 0 fully saturated rings. The number of hydrogen-bond donors (Lipinski definition) is 6. The van der Waals surface area contributed by atoms with E-state index in [1.807, 2.05) is 5.32 Å². The van der Waals surface area contributed by atoms with Crippen molar-refractivity contribution in [3.05, 3.63) is 0 Å². The van der Waals surface area contributed by atoms with Crippen LogP contribution in [0, 0.1) is 0 Å². The van der Waals surface area contributed by atoms with Crippen LogP contribution in [-0.4, -0.2) is 53.3 Å². The van der Waals surface area contributed by atoms with Gasteiger partial charge in [0.15, 0.2) is 0 Å². The number of amides is 4. The number of primary amides is 2. The minimum atomic E-state index is -1.36. The van der Waals surface area contributed by atoms with Gasteiger partial charge in [-0.05, 0) is 6.42 Å². The van der Waals surface area contributed by atoms with Crippen LogP contribution in [0.1, 0.15) is 19.3 Å². The highest BCUT2D eigenvalue weighted by molar-refractivity contribution is 5.94. The second kappa shape index (κ2) is 9.28. The highest BCUT2D eigenvalue weighted by Gasteiger charge is 2.25. The van der Waals surface area contributed by atoms with Crippen LogP contribution >= 0.6 is 0 Å². The summed E-state index contributed by atoms with van der Waals surface area (Å²) in [4.78, 5) is 55.3. The van der Waals surface area contributed by atoms with Gasteiger partial charge in [-0.3, -0.25) is 24.0 Å². The zero-order valence-electron chi connectivity index (χ0n) is 11.7. The van der Waals surface area contributed by atoms with Crippen LogP contribution in [0.15, 0.2) is 0 Å². The van der Waals surface area contributed by atoms with Gasteiger partial charge in [0.1, 0.15) is 12.6 Å². The normalized spacial score (nSPS) is 12.8. The van der Waals surface area contributed by atoms with E-state index in [0.717, 1.165) is 0 Å². The summed E-state index contributed by atoms with van der Waals surface area (Å²) in [5, 5.41) is 12.6. The highest BCUT2D eigenvalue weighted by Crippen LogP contribution is 1.98. The monoisotopic (exact) mass is 317 g/mol. The molecule has 22 heavy (non-hydrogen) atoms. The zero-order chi connectivity index (χ0) is 17.3. The molecule has 0 aromatic heterocycles. The molecule has 0 saturated heterocycles. The summed E-state index contributed by atoms with van der Waals surface area (Å²) in [6.45, 7) is -0.683. The van der Waals surface area contributed by atoms with Gasteiger partial charge in [-0.25, -0.2) is 0 Å². The first-order valence-electron chi connectivity index (χ1n) is 6.25. The van der Waals surface area contributed by atoms with Crippen molar-refractivity contribution >= 4 is 29.6 Å². The Morgan fingerprint density at radius 2 is 1.59 bits per heavy atom. The first kappa shape index (κ1) is 19.3. The fourth-order valence-electron chi connectivity index (χ4n) is 1.40. The van der Waals surface area contributed by atoms with Gasteiger partial charge in [0, 0.05) is 6.42 Å². The van der Waals surface area contributed by atoms with Crippen LogP contribution in [0.25, 0.3) is 0 Å². The van der Waals surface area contributed by atoms with Gasteiger partial charge in [-0.1, -0.05) is 0 Å². The van der Waals surface area contributed by atoms with Crippen molar-refractivity contribution in [1.29, 1.82) is 0 Å². The lowest BCUT2D eigenvalue weighted by atomic mass is 10.1. The molecule has 11 heteroatoms. The molecule has 9 N–H and O–H groups in total. The van der Waals surface area contributed by atoms with E-state index >= 15 is 0 Å². The first-order valence-corrected chi connectivity index (χ1v) is 6.25. The van der Waals surface area contributed by atoms with E-state index in [1.165, 1.54) is 0 Å². The summed E-state index contributed by atoms with van der Waals surface area (Å²) in [5.74, 6) is -4.50. The fourth-order valence-corrected chi connectivity index (χ4v) is 1.40. The van der Waals surface area contributed by atoms with E-state index in [2.05, 4.69) is 5.32 Å². The SMILES string of the molecule is NC(=O)CCC(N)C(=O)NC(CC(N)=O)C(=O)NCC(=O)O. The maximum atomic E-state index is 11.8. The number of carboxylic acid groups (broad SMARTS) is 1. The molecule has 0 bridgehead atoms. The molecule has 0 rings (SSSR count). The maximum absolute atomic E-state index is 11.8. The van der Waals surface area contributed by atoms with Gasteiger partial charge < -0.3 is 32.9 Å². The number of aliphatic carboxylic acids is 1. The Labute approximate surface area is 125 Å². The van der Waals surface area contributed by atoms with E-state index in [-0.39, 0.29) is 12.8 Å². The number of hydrogen-bond acceptors (Lipinski definition) is 6. The van der Waals surface area contributed by atoms with Crippen LogP contribution in [0.3, 0.4) is 0 Å². The predicted molar refractivity (Wildman–Crippen MR) is 72.8 cm³/mol. The second-order valence-corrected chi connectivity index (χ2v) is 4.45. The molecule has 0 aliphatic rings. The highest BCUT2D eigenvalue weighted by atomic mass is 16.4. The molecule has 0 heterocycles. The first-order chi connectivity index (χ1) is 10.1. The Morgan fingerprint density at radius 1 is 1.00 bits per heavy atom. The summed E-state index contributed by atoms with van der Waals surface area (Å²) < 4.78 is 0. The predicted octanol–water partition coefficient (Wildman–Crippen LogP) is -3.86. The molecule has 4 amide bonds. The summed E-state index contributed by atoms with van der Waals surface area (Å²) in [6, 6.07) is -2.47. The third-order valence-corrected chi connectivity index (χ3v) is 2.49. The quantitative estimate of drug-likeness (QED) is 0.236. The molecule has 0 aromatic carbocycles. The molecule has 2 atom stereocenters. The Morgan fingerprint density at radius 3 is 2.05 bits per heavy atom. The zero-order valence-corrected chi connectivity index (χ0v) is 11.7. The number of carbonyl (C=O) groups excluding carboxylic acids is 4. The van der Waals surface area contributed by atoms with E-state index in [1.54, 1.807) is 0 Å². The van der Waals surface area contributed by atoms with Crippen molar-refractivity contribution in [2.45, 2.75) is 31.3 Å². The summed E-state index contributed by atoms with van der Waals surface area (Å²) >= 11 is 0. The van der Waals surface area contributed by atoms with Gasteiger partial charge in [0.2, 0.25) is 23.6 Å². The lowest BCUT2D eigenvalue weighted by molar-refractivity contribution is -0.138. The molecule has 11 nitrogen and oxygen atoms in total. The molecular formula is C11H19N5O6. The summed E-state index contributed by atoms with van der Waals surface area (Å²) in [6.07, 6.45) is -0.693. The minimum Gasteiger partial charge on any atom is -0.480 e. The average molecular weight is 317 g/mol. The van der Waals surface area contributed by atoms with Gasteiger partial charge >= 0.3 is 5.97 Å². The van der Waals surface area contributed by atoms with Crippen molar-refractivity contribution in [2.24, 2.45) is 17.2 Å². The Bertz CT molecular complexity index is 466. The molecule has 2 unspecified atom stereocenters. The number of rotatable bonds is 10. The van der Waals surface area contributed by atoms with Crippen molar-refractivity contribution in [1.82, 2.24) is 10.6 Å². The van der Waals surface area contributed by atoms with Crippen LogP contribution in [0.2, 0.25) is 0 Å². The Kier molecular flexibility index (Phi) is 8.15. The van der Waals surface area contributed by atoms with E-state index < -0.39 is 54.6 Å². The number of carboxylic acids is 1. The molecule has 0 spiro atoms. The fraction of sp³-hybridized carbons (Fsp3) is 0.545. The smallest absolute Gasteiger partial charge is 0.322 e. The number of carbonyl (C=O) groups is 5. The van der Waals surface area contributed by atoms with Gasteiger partial charge in [0.05, 0.1) is 12.5 Å². The molecule has 0 aliphatic heterocycles. The molecule has 0 saturated carbocycles. The summed E-state index contributed by atoms with van der Waals surface area (Å²) in [7, 11) is 0. The largest absolute Gasteiger partial charge is 0.480 e. The maximum Gasteiger partial charge on any atom is 0.322 e. The molecule has 124 valence electrons. The molecular weight excluding hydrogens is 298 g/mol. The van der Waals surface area contributed by atoms with Gasteiger partial charge in [-0.2, -0.15) is 0 Å². The topological polar surface area (TPSA) is 208 Å². The van der Waals surface area contributed by atoms with Crippen LogP contribution in [0.4, 0.5) is 0 Å². The number of nitrogens with one attached hydrogen (secondary N) is 2. The van der Waals surface area contributed by atoms with E-state index in [9.17, 15) is 24.0 Å². The minimum absolute atomic E-state index is 0.0405. The lowest BCUT2D eigenvalue weighted by Crippen LogP contribution is -2.53. The van der Waals surface area contributed by atoms with Crippen LogP contribution in [0.5, 0.6) is 0 Å². The Hall–Kier alpha value is -2.69. The number of nitrogens with two attached hydrogens (primary N) is 3. The molecule has 0 aromatic rings. The standard InChI is InChI=1S/C11H19N5O6/c12-5(1-2-7(13)17)10(21)16-6(3-8(14)18)11(22)15-4-9(19)20/h5-6H,1-4,12H2,(H2,13,17)(H2,14,18)(H,15,22)(H,16,21)(H,19,20). The van der Waals surface area contributed by atoms with E-state index in [0.29, 0.717) is 0 Å². The van der Waals surface area contributed by atoms with Crippen LogP contribution < -0.4 is 27.8 Å². The summed E-state index contributed by atoms with van der Waals surface area (Å²) in [5.41, 5.74) is 15.4. The second-order valence-electron chi connectivity index (χ2n) is 4.45. The van der Waals surface area contributed by atoms with Gasteiger partial charge in [0.25, 0.3) is 0 Å². The average Bonchev–Trinajstić information content (AvgIpc) is 2.40. The third kappa shape index (κ3) is 8.47. The van der Waals surface area contributed by atoms with Crippen molar-refractivity contribution in [2.75, 3.05) is 6.54 Å². The Balaban J connectivity index is 4.65. The van der Waals surface area contributed by atoms with Crippen molar-refractivity contribution in [3.63, 3.8) is 0 Å². The lowest BCUT2D eigenvalue weighted by Gasteiger charge is -2.19. The van der Waals surface area contributed by atoms with Crippen molar-refractivity contribution < 1.29 is 29.1 Å².